The first-order valence-electron chi connectivity index (χ1n) is 7.85. The molecule has 1 aromatic rings. The van der Waals surface area contributed by atoms with E-state index in [1.54, 1.807) is 12.1 Å². The van der Waals surface area contributed by atoms with E-state index in [9.17, 15) is 10.1 Å². The van der Waals surface area contributed by atoms with Gasteiger partial charge in [-0.25, -0.2) is 0 Å². The lowest BCUT2D eigenvalue weighted by molar-refractivity contribution is -0.385. The van der Waals surface area contributed by atoms with E-state index in [0.29, 0.717) is 12.4 Å². The highest BCUT2D eigenvalue weighted by atomic mass is 16.6. The van der Waals surface area contributed by atoms with Crippen LogP contribution in [0.3, 0.4) is 0 Å². The summed E-state index contributed by atoms with van der Waals surface area (Å²) in [5.74, 6) is 1.17. The highest BCUT2D eigenvalue weighted by Gasteiger charge is 2.16. The van der Waals surface area contributed by atoms with Crippen LogP contribution in [-0.2, 0) is 0 Å². The van der Waals surface area contributed by atoms with Crippen LogP contribution in [0.15, 0.2) is 18.2 Å². The molecule has 0 unspecified atom stereocenters. The van der Waals surface area contributed by atoms with Gasteiger partial charge in [-0.2, -0.15) is 0 Å². The van der Waals surface area contributed by atoms with E-state index >= 15 is 0 Å². The predicted octanol–water partition coefficient (Wildman–Crippen LogP) is 4.38. The van der Waals surface area contributed by atoms with Crippen molar-refractivity contribution in [2.45, 2.75) is 45.4 Å². The van der Waals surface area contributed by atoms with Gasteiger partial charge in [-0.05, 0) is 25.3 Å². The lowest BCUT2D eigenvalue weighted by Crippen LogP contribution is -2.12. The topological polar surface area (TPSA) is 64.4 Å². The smallest absolute Gasteiger partial charge is 0.311 e. The summed E-state index contributed by atoms with van der Waals surface area (Å²) in [6.45, 7) is 3.16. The molecule has 0 bridgehead atoms. The van der Waals surface area contributed by atoms with Crippen LogP contribution in [-0.4, -0.2) is 18.1 Å². The number of nitro groups is 1. The van der Waals surface area contributed by atoms with Crippen LogP contribution in [0, 0.1) is 16.0 Å². The maximum Gasteiger partial charge on any atom is 0.311 e. The van der Waals surface area contributed by atoms with Crippen LogP contribution in [0.4, 0.5) is 11.4 Å². The Labute approximate surface area is 125 Å². The summed E-state index contributed by atoms with van der Waals surface area (Å²) in [6, 6.07) is 4.98. The number of anilines is 1. The Morgan fingerprint density at radius 3 is 2.76 bits per heavy atom. The zero-order valence-corrected chi connectivity index (χ0v) is 12.6. The van der Waals surface area contributed by atoms with Crippen LogP contribution in [0.1, 0.15) is 45.4 Å². The van der Waals surface area contributed by atoms with Crippen molar-refractivity contribution < 1.29 is 9.66 Å². The molecule has 1 saturated carbocycles. The van der Waals surface area contributed by atoms with Crippen molar-refractivity contribution in [2.24, 2.45) is 5.92 Å². The number of benzene rings is 1. The maximum atomic E-state index is 10.9. The average molecular weight is 292 g/mol. The minimum Gasteiger partial charge on any atom is -0.487 e. The van der Waals surface area contributed by atoms with Crippen molar-refractivity contribution in [3.05, 3.63) is 28.3 Å². The summed E-state index contributed by atoms with van der Waals surface area (Å²) in [6.07, 6.45) is 7.94. The molecule has 0 aliphatic heterocycles. The van der Waals surface area contributed by atoms with Crippen LogP contribution in [0.5, 0.6) is 5.75 Å². The SMILES string of the molecule is CCOc1cc(NCCC2CCCCC2)ccc1[N+](=O)[O-]. The van der Waals surface area contributed by atoms with E-state index in [-0.39, 0.29) is 5.69 Å². The first-order valence-corrected chi connectivity index (χ1v) is 7.85. The summed E-state index contributed by atoms with van der Waals surface area (Å²) in [7, 11) is 0. The summed E-state index contributed by atoms with van der Waals surface area (Å²) in [4.78, 5) is 10.5. The van der Waals surface area contributed by atoms with Crippen LogP contribution in [0.25, 0.3) is 0 Å². The molecule has 5 nitrogen and oxygen atoms in total. The van der Waals surface area contributed by atoms with E-state index in [2.05, 4.69) is 5.32 Å². The zero-order valence-electron chi connectivity index (χ0n) is 12.6. The first-order chi connectivity index (χ1) is 10.2. The Kier molecular flexibility index (Phi) is 5.84. The first kappa shape index (κ1) is 15.6. The minimum absolute atomic E-state index is 0.0229. The number of hydrogen-bond acceptors (Lipinski definition) is 4. The lowest BCUT2D eigenvalue weighted by Gasteiger charge is -2.21. The van der Waals surface area contributed by atoms with Crippen molar-refractivity contribution in [3.8, 4) is 5.75 Å². The second-order valence-electron chi connectivity index (χ2n) is 5.59. The Morgan fingerprint density at radius 1 is 1.33 bits per heavy atom. The molecule has 2 rings (SSSR count). The fourth-order valence-corrected chi connectivity index (χ4v) is 2.94. The number of nitrogens with zero attached hydrogens (tertiary/aromatic N) is 1. The van der Waals surface area contributed by atoms with Crippen molar-refractivity contribution in [1.82, 2.24) is 0 Å². The van der Waals surface area contributed by atoms with Gasteiger partial charge in [0.15, 0.2) is 5.75 Å². The normalized spacial score (nSPS) is 15.7. The second kappa shape index (κ2) is 7.86. The van der Waals surface area contributed by atoms with Gasteiger partial charge in [0.1, 0.15) is 0 Å². The van der Waals surface area contributed by atoms with Crippen molar-refractivity contribution >= 4 is 11.4 Å². The summed E-state index contributed by atoms with van der Waals surface area (Å²) in [5.41, 5.74) is 0.912. The molecular weight excluding hydrogens is 268 g/mol. The van der Waals surface area contributed by atoms with Gasteiger partial charge in [0.2, 0.25) is 0 Å². The van der Waals surface area contributed by atoms with Gasteiger partial charge in [0.05, 0.1) is 11.5 Å². The molecule has 1 aliphatic rings. The number of ether oxygens (including phenoxy) is 1. The molecule has 0 radical (unpaired) electrons. The highest BCUT2D eigenvalue weighted by Crippen LogP contribution is 2.30. The molecule has 116 valence electrons. The van der Waals surface area contributed by atoms with Gasteiger partial charge in [-0.1, -0.05) is 32.1 Å². The second-order valence-corrected chi connectivity index (χ2v) is 5.59. The fourth-order valence-electron chi connectivity index (χ4n) is 2.94. The molecular formula is C16H24N2O3. The van der Waals surface area contributed by atoms with Gasteiger partial charge in [0.25, 0.3) is 0 Å². The van der Waals surface area contributed by atoms with E-state index < -0.39 is 4.92 Å². The Hall–Kier alpha value is -1.78. The maximum absolute atomic E-state index is 10.9. The van der Waals surface area contributed by atoms with Gasteiger partial charge in [-0.3, -0.25) is 10.1 Å². The van der Waals surface area contributed by atoms with Gasteiger partial charge in [-0.15, -0.1) is 0 Å². The number of rotatable bonds is 7. The molecule has 1 aliphatic carbocycles. The number of nitrogens with one attached hydrogen (secondary N) is 1. The molecule has 1 N–H and O–H groups in total. The van der Waals surface area contributed by atoms with E-state index in [4.69, 9.17) is 4.74 Å². The average Bonchev–Trinajstić information content (AvgIpc) is 2.49. The van der Waals surface area contributed by atoms with Crippen LogP contribution >= 0.6 is 0 Å². The Balaban J connectivity index is 1.90. The quantitative estimate of drug-likeness (QED) is 0.598. The summed E-state index contributed by atoms with van der Waals surface area (Å²) >= 11 is 0. The third-order valence-corrected chi connectivity index (χ3v) is 4.06. The van der Waals surface area contributed by atoms with Crippen LogP contribution < -0.4 is 10.1 Å². The fraction of sp³-hybridized carbons (Fsp3) is 0.625. The molecule has 1 fully saturated rings. The number of nitro benzene ring substituents is 1. The molecule has 0 heterocycles. The van der Waals surface area contributed by atoms with E-state index in [1.165, 1.54) is 44.6 Å². The molecule has 0 spiro atoms. The monoisotopic (exact) mass is 292 g/mol. The van der Waals surface area contributed by atoms with Gasteiger partial charge in [0, 0.05) is 24.4 Å². The Bertz CT molecular complexity index is 471. The summed E-state index contributed by atoms with van der Waals surface area (Å²) < 4.78 is 5.35. The predicted molar refractivity (Wildman–Crippen MR) is 83.9 cm³/mol. The van der Waals surface area contributed by atoms with E-state index in [1.807, 2.05) is 6.92 Å². The molecule has 21 heavy (non-hydrogen) atoms. The standard InChI is InChI=1S/C16H24N2O3/c1-2-21-16-12-14(8-9-15(16)18(19)20)17-11-10-13-6-4-3-5-7-13/h8-9,12-13,17H,2-7,10-11H2,1H3. The summed E-state index contributed by atoms with van der Waals surface area (Å²) in [5, 5.41) is 14.3. The molecule has 0 saturated heterocycles. The minimum atomic E-state index is -0.406. The lowest BCUT2D eigenvalue weighted by atomic mass is 9.87. The Morgan fingerprint density at radius 2 is 2.10 bits per heavy atom. The highest BCUT2D eigenvalue weighted by molar-refractivity contribution is 5.57. The number of hydrogen-bond donors (Lipinski definition) is 1. The third kappa shape index (κ3) is 4.62. The molecule has 0 atom stereocenters. The third-order valence-electron chi connectivity index (χ3n) is 4.06. The zero-order chi connectivity index (χ0) is 15.1. The van der Waals surface area contributed by atoms with Crippen molar-refractivity contribution in [3.63, 3.8) is 0 Å². The van der Waals surface area contributed by atoms with Crippen LogP contribution in [0.2, 0.25) is 0 Å². The van der Waals surface area contributed by atoms with Crippen molar-refractivity contribution in [2.75, 3.05) is 18.5 Å². The molecule has 1 aromatic carbocycles. The molecule has 5 heteroatoms. The van der Waals surface area contributed by atoms with Gasteiger partial charge < -0.3 is 10.1 Å². The van der Waals surface area contributed by atoms with Crippen molar-refractivity contribution in [1.29, 1.82) is 0 Å². The molecule has 0 aromatic heterocycles. The van der Waals surface area contributed by atoms with Gasteiger partial charge >= 0.3 is 5.69 Å². The largest absolute Gasteiger partial charge is 0.487 e. The molecule has 0 amide bonds. The van der Waals surface area contributed by atoms with E-state index in [0.717, 1.165) is 18.2 Å².